The number of benzene rings is 2. The molecular formula is C18H21NO. The molecule has 0 saturated carbocycles. The van der Waals surface area contributed by atoms with Gasteiger partial charge in [-0.15, -0.1) is 0 Å². The third-order valence-electron chi connectivity index (χ3n) is 4.14. The van der Waals surface area contributed by atoms with Gasteiger partial charge in [0.15, 0.2) is 0 Å². The lowest BCUT2D eigenvalue weighted by Crippen LogP contribution is -2.17. The average Bonchev–Trinajstić information content (AvgIpc) is 2.82. The molecule has 2 heteroatoms. The van der Waals surface area contributed by atoms with Gasteiger partial charge in [0.1, 0.15) is 5.75 Å². The van der Waals surface area contributed by atoms with Gasteiger partial charge in [0, 0.05) is 6.04 Å². The fourth-order valence-electron chi connectivity index (χ4n) is 3.04. The van der Waals surface area contributed by atoms with E-state index in [9.17, 15) is 0 Å². The largest absolute Gasteiger partial charge is 0.494 e. The van der Waals surface area contributed by atoms with Gasteiger partial charge in [-0.1, -0.05) is 42.5 Å². The molecule has 2 unspecified atom stereocenters. The maximum absolute atomic E-state index is 6.34. The minimum atomic E-state index is 0.197. The summed E-state index contributed by atoms with van der Waals surface area (Å²) >= 11 is 0. The van der Waals surface area contributed by atoms with Gasteiger partial charge in [-0.2, -0.15) is 0 Å². The van der Waals surface area contributed by atoms with Crippen molar-refractivity contribution in [3.8, 4) is 5.75 Å². The number of hydrogen-bond donors (Lipinski definition) is 1. The van der Waals surface area contributed by atoms with Gasteiger partial charge in [0.2, 0.25) is 0 Å². The molecule has 1 aliphatic rings. The Morgan fingerprint density at radius 1 is 1.00 bits per heavy atom. The van der Waals surface area contributed by atoms with Crippen LogP contribution in [-0.4, -0.2) is 6.61 Å². The van der Waals surface area contributed by atoms with Crippen LogP contribution in [0.1, 0.15) is 30.0 Å². The van der Waals surface area contributed by atoms with Gasteiger partial charge in [0.05, 0.1) is 6.61 Å². The van der Waals surface area contributed by atoms with E-state index in [0.717, 1.165) is 31.6 Å². The van der Waals surface area contributed by atoms with E-state index in [2.05, 4.69) is 24.3 Å². The van der Waals surface area contributed by atoms with Crippen LogP contribution in [0.25, 0.3) is 0 Å². The second kappa shape index (κ2) is 6.10. The summed E-state index contributed by atoms with van der Waals surface area (Å²) in [4.78, 5) is 0. The first kappa shape index (κ1) is 13.2. The highest BCUT2D eigenvalue weighted by Gasteiger charge is 2.28. The van der Waals surface area contributed by atoms with Crippen LogP contribution in [0, 0.1) is 5.92 Å². The first-order valence-electron chi connectivity index (χ1n) is 7.36. The molecule has 0 aliphatic heterocycles. The van der Waals surface area contributed by atoms with Crippen molar-refractivity contribution in [3.63, 3.8) is 0 Å². The van der Waals surface area contributed by atoms with E-state index in [4.69, 9.17) is 10.5 Å². The highest BCUT2D eigenvalue weighted by atomic mass is 16.5. The summed E-state index contributed by atoms with van der Waals surface area (Å²) in [5.74, 6) is 1.51. The molecule has 0 saturated heterocycles. The molecule has 2 aromatic carbocycles. The molecule has 104 valence electrons. The van der Waals surface area contributed by atoms with Crippen LogP contribution in [0.5, 0.6) is 5.75 Å². The summed E-state index contributed by atoms with van der Waals surface area (Å²) in [6.07, 6.45) is 3.30. The van der Waals surface area contributed by atoms with Gasteiger partial charge in [-0.3, -0.25) is 0 Å². The Hall–Kier alpha value is -1.80. The molecule has 0 fully saturated rings. The van der Waals surface area contributed by atoms with Crippen LogP contribution in [-0.2, 0) is 6.42 Å². The van der Waals surface area contributed by atoms with Crippen molar-refractivity contribution in [1.82, 2.24) is 0 Å². The van der Waals surface area contributed by atoms with Crippen molar-refractivity contribution in [2.24, 2.45) is 11.7 Å². The second-order valence-corrected chi connectivity index (χ2v) is 5.49. The standard InChI is InChI=1S/C18H21NO/c19-18-15(13-14-7-4-5-11-17(14)18)8-6-12-20-16-9-2-1-3-10-16/h1-5,7,9-11,15,18H,6,8,12-13,19H2. The quantitative estimate of drug-likeness (QED) is 0.838. The molecule has 2 aromatic rings. The van der Waals surface area contributed by atoms with Gasteiger partial charge >= 0.3 is 0 Å². The summed E-state index contributed by atoms with van der Waals surface area (Å²) in [7, 11) is 0. The monoisotopic (exact) mass is 267 g/mol. The number of ether oxygens (including phenoxy) is 1. The highest BCUT2D eigenvalue weighted by molar-refractivity contribution is 5.35. The Balaban J connectivity index is 1.46. The van der Waals surface area contributed by atoms with Crippen molar-refractivity contribution in [3.05, 3.63) is 65.7 Å². The van der Waals surface area contributed by atoms with E-state index in [1.54, 1.807) is 0 Å². The van der Waals surface area contributed by atoms with Crippen LogP contribution in [0.4, 0.5) is 0 Å². The third kappa shape index (κ3) is 2.86. The zero-order chi connectivity index (χ0) is 13.8. The number of nitrogens with two attached hydrogens (primary N) is 1. The predicted octanol–water partition coefficient (Wildman–Crippen LogP) is 3.72. The maximum Gasteiger partial charge on any atom is 0.119 e. The van der Waals surface area contributed by atoms with E-state index in [0.29, 0.717) is 5.92 Å². The summed E-state index contributed by atoms with van der Waals surface area (Å²) in [6.45, 7) is 0.767. The van der Waals surface area contributed by atoms with Crippen LogP contribution in [0.15, 0.2) is 54.6 Å². The van der Waals surface area contributed by atoms with E-state index >= 15 is 0 Å². The fourth-order valence-corrected chi connectivity index (χ4v) is 3.04. The maximum atomic E-state index is 6.34. The summed E-state index contributed by atoms with van der Waals surface area (Å²) < 4.78 is 5.74. The van der Waals surface area contributed by atoms with Gasteiger partial charge in [-0.25, -0.2) is 0 Å². The van der Waals surface area contributed by atoms with E-state index in [1.807, 2.05) is 30.3 Å². The Bertz CT molecular complexity index is 552. The average molecular weight is 267 g/mol. The smallest absolute Gasteiger partial charge is 0.119 e. The third-order valence-corrected chi connectivity index (χ3v) is 4.14. The SMILES string of the molecule is NC1c2ccccc2CC1CCCOc1ccccc1. The Kier molecular flexibility index (Phi) is 4.03. The van der Waals surface area contributed by atoms with Gasteiger partial charge in [-0.05, 0) is 48.4 Å². The lowest BCUT2D eigenvalue weighted by molar-refractivity contribution is 0.286. The molecule has 0 bridgehead atoms. The van der Waals surface area contributed by atoms with Crippen molar-refractivity contribution >= 4 is 0 Å². The highest BCUT2D eigenvalue weighted by Crippen LogP contribution is 2.36. The molecule has 0 aromatic heterocycles. The summed E-state index contributed by atoms with van der Waals surface area (Å²) in [6, 6.07) is 18.7. The Morgan fingerprint density at radius 2 is 1.75 bits per heavy atom. The van der Waals surface area contributed by atoms with Crippen molar-refractivity contribution in [1.29, 1.82) is 0 Å². The molecule has 0 radical (unpaired) electrons. The lowest BCUT2D eigenvalue weighted by Gasteiger charge is -2.16. The van der Waals surface area contributed by atoms with Crippen molar-refractivity contribution < 1.29 is 4.74 Å². The molecular weight excluding hydrogens is 246 g/mol. The molecule has 3 rings (SSSR count). The first-order chi connectivity index (χ1) is 9.84. The van der Waals surface area contributed by atoms with Crippen LogP contribution < -0.4 is 10.5 Å². The Labute approximate surface area is 120 Å². The number of fused-ring (bicyclic) bond motifs is 1. The molecule has 1 aliphatic carbocycles. The molecule has 0 spiro atoms. The lowest BCUT2D eigenvalue weighted by atomic mass is 9.96. The number of rotatable bonds is 5. The molecule has 2 atom stereocenters. The molecule has 2 nitrogen and oxygen atoms in total. The fraction of sp³-hybridized carbons (Fsp3) is 0.333. The zero-order valence-corrected chi connectivity index (χ0v) is 11.7. The van der Waals surface area contributed by atoms with E-state index in [1.165, 1.54) is 11.1 Å². The first-order valence-corrected chi connectivity index (χ1v) is 7.36. The van der Waals surface area contributed by atoms with E-state index in [-0.39, 0.29) is 6.04 Å². The molecule has 0 heterocycles. The van der Waals surface area contributed by atoms with Gasteiger partial charge < -0.3 is 10.5 Å². The number of para-hydroxylation sites is 1. The summed E-state index contributed by atoms with van der Waals surface area (Å²) in [5.41, 5.74) is 9.10. The van der Waals surface area contributed by atoms with Crippen LogP contribution >= 0.6 is 0 Å². The van der Waals surface area contributed by atoms with Gasteiger partial charge in [0.25, 0.3) is 0 Å². The van der Waals surface area contributed by atoms with Crippen LogP contribution in [0.2, 0.25) is 0 Å². The molecule has 20 heavy (non-hydrogen) atoms. The molecule has 0 amide bonds. The zero-order valence-electron chi connectivity index (χ0n) is 11.7. The summed E-state index contributed by atoms with van der Waals surface area (Å²) in [5, 5.41) is 0. The van der Waals surface area contributed by atoms with Crippen LogP contribution in [0.3, 0.4) is 0 Å². The second-order valence-electron chi connectivity index (χ2n) is 5.49. The minimum absolute atomic E-state index is 0.197. The molecule has 2 N–H and O–H groups in total. The number of hydrogen-bond acceptors (Lipinski definition) is 2. The minimum Gasteiger partial charge on any atom is -0.494 e. The normalized spacial score (nSPS) is 20.6. The van der Waals surface area contributed by atoms with Crippen molar-refractivity contribution in [2.45, 2.75) is 25.3 Å². The predicted molar refractivity (Wildman–Crippen MR) is 81.7 cm³/mol. The van der Waals surface area contributed by atoms with Crippen molar-refractivity contribution in [2.75, 3.05) is 6.61 Å². The topological polar surface area (TPSA) is 35.2 Å². The Morgan fingerprint density at radius 3 is 2.55 bits per heavy atom. The van der Waals surface area contributed by atoms with E-state index < -0.39 is 0 Å².